The van der Waals surface area contributed by atoms with E-state index in [2.05, 4.69) is 17.2 Å². The van der Waals surface area contributed by atoms with Gasteiger partial charge in [-0.25, -0.2) is 0 Å². The Bertz CT molecular complexity index is 11.6. The Balaban J connectivity index is 0. The summed E-state index contributed by atoms with van der Waals surface area (Å²) in [6.07, 6.45) is -0.667. The molecule has 3 nitrogen and oxygen atoms in total. The van der Waals surface area contributed by atoms with Crippen molar-refractivity contribution in [1.29, 1.82) is 0 Å². The molecule has 0 saturated heterocycles. The summed E-state index contributed by atoms with van der Waals surface area (Å²) in [7, 11) is 0. The van der Waals surface area contributed by atoms with Crippen molar-refractivity contribution in [2.24, 2.45) is 17.2 Å². The van der Waals surface area contributed by atoms with Crippen LogP contribution in [0.15, 0.2) is 0 Å². The first-order valence-electron chi connectivity index (χ1n) is 1.00. The van der Waals surface area contributed by atoms with Crippen LogP contribution in [-0.4, -0.2) is 23.9 Å². The number of nitrogens with two attached hydrogens (primary N) is 3. The third-order valence-corrected chi connectivity index (χ3v) is 0. The third-order valence-electron chi connectivity index (χ3n) is 0. The van der Waals surface area contributed by atoms with Crippen LogP contribution in [0.5, 0.6) is 0 Å². The van der Waals surface area contributed by atoms with E-state index in [4.69, 9.17) is 0 Å². The number of rotatable bonds is 0. The minimum absolute atomic E-state index is 0. The van der Waals surface area contributed by atoms with Gasteiger partial charge in [0.05, 0.1) is 0 Å². The van der Waals surface area contributed by atoms with Gasteiger partial charge in [-0.3, -0.25) is 0 Å². The zero-order valence-corrected chi connectivity index (χ0v) is 2.31. The molecule has 0 radical (unpaired) electrons. The minimum atomic E-state index is -0.667. The predicted molar refractivity (Wildman–Crippen MR) is 27.7 cm³/mol. The molecule has 0 heterocycles. The molecule has 0 aliphatic rings. The van der Waals surface area contributed by atoms with Crippen LogP contribution in [-0.2, 0) is 0 Å². The van der Waals surface area contributed by atoms with E-state index in [9.17, 15) is 0 Å². The van der Waals surface area contributed by atoms with Crippen LogP contribution in [0.4, 0.5) is 0 Å². The van der Waals surface area contributed by atoms with Crippen molar-refractivity contribution >= 4 is 17.6 Å². The Kier molecular flexibility index (Phi) is 8.01. The Morgan fingerprint density at radius 1 is 1.00 bits per heavy atom. The summed E-state index contributed by atoms with van der Waals surface area (Å²) in [5, 5.41) is 0. The predicted octanol–water partition coefficient (Wildman–Crippen LogP) is -3.31. The van der Waals surface area contributed by atoms with Gasteiger partial charge in [-0.1, -0.05) is 0 Å². The van der Waals surface area contributed by atoms with E-state index in [1.165, 1.54) is 0 Å². The van der Waals surface area contributed by atoms with Gasteiger partial charge >= 0.3 is 17.6 Å². The standard InChI is InChI=1S/CH7N3.GeH4/c2-1(3)4;/h1H,2-4H2;1H4. The second-order valence-electron chi connectivity index (χ2n) is 0.577. The van der Waals surface area contributed by atoms with E-state index in [1.54, 1.807) is 0 Å². The van der Waals surface area contributed by atoms with Gasteiger partial charge in [-0.05, 0) is 0 Å². The van der Waals surface area contributed by atoms with E-state index in [0.717, 1.165) is 0 Å². The topological polar surface area (TPSA) is 78.1 Å². The third kappa shape index (κ3) is 145. The molecule has 0 aromatic rings. The molecular formula is CH11GeN3. The summed E-state index contributed by atoms with van der Waals surface area (Å²) in [6, 6.07) is 0. The fraction of sp³-hybridized carbons (Fsp3) is 1.00. The van der Waals surface area contributed by atoms with Crippen molar-refractivity contribution in [2.75, 3.05) is 0 Å². The van der Waals surface area contributed by atoms with Crippen molar-refractivity contribution < 1.29 is 0 Å². The Labute approximate surface area is 41.9 Å². The van der Waals surface area contributed by atoms with Gasteiger partial charge in [0.25, 0.3) is 0 Å². The quantitative estimate of drug-likeness (QED) is 0.242. The van der Waals surface area contributed by atoms with Crippen LogP contribution in [0.25, 0.3) is 0 Å². The first-order chi connectivity index (χ1) is 1.73. The van der Waals surface area contributed by atoms with Crippen molar-refractivity contribution in [1.82, 2.24) is 0 Å². The SMILES string of the molecule is NC(N)N.[GeH4]. The van der Waals surface area contributed by atoms with Crippen LogP contribution in [0, 0.1) is 0 Å². The van der Waals surface area contributed by atoms with Gasteiger partial charge in [-0.15, -0.1) is 0 Å². The zero-order chi connectivity index (χ0) is 3.58. The second-order valence-corrected chi connectivity index (χ2v) is 0.577. The van der Waals surface area contributed by atoms with Crippen molar-refractivity contribution in [2.45, 2.75) is 6.29 Å². The van der Waals surface area contributed by atoms with Gasteiger partial charge in [0.2, 0.25) is 0 Å². The van der Waals surface area contributed by atoms with Gasteiger partial charge in [0.1, 0.15) is 6.29 Å². The van der Waals surface area contributed by atoms with Crippen LogP contribution >= 0.6 is 0 Å². The summed E-state index contributed by atoms with van der Waals surface area (Å²) in [4.78, 5) is 0. The molecule has 0 bridgehead atoms. The van der Waals surface area contributed by atoms with Crippen molar-refractivity contribution in [3.05, 3.63) is 0 Å². The maximum atomic E-state index is 4.67. The van der Waals surface area contributed by atoms with Crippen molar-refractivity contribution in [3.63, 3.8) is 0 Å². The number of hydrogen-bond acceptors (Lipinski definition) is 3. The molecule has 0 aliphatic heterocycles. The van der Waals surface area contributed by atoms with Gasteiger partial charge in [0.15, 0.2) is 0 Å². The molecule has 0 atom stereocenters. The van der Waals surface area contributed by atoms with Crippen LogP contribution < -0.4 is 17.2 Å². The van der Waals surface area contributed by atoms with E-state index in [-0.39, 0.29) is 17.6 Å². The molecule has 0 aromatic carbocycles. The normalized spacial score (nSPS) is 7.20. The average molecular weight is 138 g/mol. The van der Waals surface area contributed by atoms with E-state index in [0.29, 0.717) is 0 Å². The summed E-state index contributed by atoms with van der Waals surface area (Å²) in [5.74, 6) is 0. The first-order valence-corrected chi connectivity index (χ1v) is 1.00. The molecule has 0 spiro atoms. The average Bonchev–Trinajstić information content (AvgIpc) is 0.811. The zero-order valence-electron chi connectivity index (χ0n) is 2.31. The van der Waals surface area contributed by atoms with Crippen LogP contribution in [0.2, 0.25) is 0 Å². The maximum absolute atomic E-state index is 4.67. The Hall–Kier alpha value is 0.423. The van der Waals surface area contributed by atoms with Gasteiger partial charge < -0.3 is 17.2 Å². The Morgan fingerprint density at radius 2 is 1.00 bits per heavy atom. The summed E-state index contributed by atoms with van der Waals surface area (Å²) < 4.78 is 0. The van der Waals surface area contributed by atoms with Crippen molar-refractivity contribution in [3.8, 4) is 0 Å². The molecule has 0 fully saturated rings. The molecule has 0 aromatic heterocycles. The monoisotopic (exact) mass is 139 g/mol. The van der Waals surface area contributed by atoms with Gasteiger partial charge in [-0.2, -0.15) is 0 Å². The molecule has 0 unspecified atom stereocenters. The number of hydrogen-bond donors (Lipinski definition) is 3. The van der Waals surface area contributed by atoms with E-state index in [1.807, 2.05) is 0 Å². The molecule has 0 saturated carbocycles. The van der Waals surface area contributed by atoms with E-state index < -0.39 is 6.29 Å². The molecule has 34 valence electrons. The fourth-order valence-electron chi connectivity index (χ4n) is 0. The summed E-state index contributed by atoms with van der Waals surface area (Å²) in [5.41, 5.74) is 14.0. The molecule has 0 rings (SSSR count). The van der Waals surface area contributed by atoms with Crippen LogP contribution in [0.3, 0.4) is 0 Å². The van der Waals surface area contributed by atoms with Gasteiger partial charge in [0, 0.05) is 0 Å². The first kappa shape index (κ1) is 9.05. The molecule has 0 amide bonds. The Morgan fingerprint density at radius 3 is 1.00 bits per heavy atom. The molecule has 6 N–H and O–H groups in total. The summed E-state index contributed by atoms with van der Waals surface area (Å²) >= 11 is 0. The molecule has 0 aliphatic carbocycles. The molecular weight excluding hydrogens is 127 g/mol. The fourth-order valence-corrected chi connectivity index (χ4v) is 0. The molecule has 5 heavy (non-hydrogen) atoms. The second kappa shape index (κ2) is 4.42. The van der Waals surface area contributed by atoms with Crippen LogP contribution in [0.1, 0.15) is 0 Å². The molecule has 4 heteroatoms. The summed E-state index contributed by atoms with van der Waals surface area (Å²) in [6.45, 7) is 0. The van der Waals surface area contributed by atoms with E-state index >= 15 is 0 Å².